The molecular weight excluding hydrogens is 267 g/mol. The van der Waals surface area contributed by atoms with E-state index < -0.39 is 6.61 Å². The van der Waals surface area contributed by atoms with Gasteiger partial charge in [-0.3, -0.25) is 0 Å². The van der Waals surface area contributed by atoms with Gasteiger partial charge in [0.1, 0.15) is 11.6 Å². The first-order chi connectivity index (χ1) is 9.52. The summed E-state index contributed by atoms with van der Waals surface area (Å²) in [4.78, 5) is 0. The van der Waals surface area contributed by atoms with Crippen LogP contribution < -0.4 is 10.1 Å². The molecule has 0 saturated carbocycles. The Bertz CT molecular complexity index is 550. The average molecular weight is 281 g/mol. The maximum Gasteiger partial charge on any atom is 0.387 e. The first-order valence-corrected chi connectivity index (χ1v) is 6.08. The molecule has 0 heterocycles. The molecule has 0 unspecified atom stereocenters. The molecule has 0 amide bonds. The third-order valence-corrected chi connectivity index (χ3v) is 2.69. The molecule has 0 aliphatic heterocycles. The van der Waals surface area contributed by atoms with Crippen LogP contribution in [0.3, 0.4) is 0 Å². The smallest absolute Gasteiger partial charge is 0.387 e. The van der Waals surface area contributed by atoms with E-state index in [0.29, 0.717) is 12.2 Å². The average Bonchev–Trinajstić information content (AvgIpc) is 2.36. The van der Waals surface area contributed by atoms with Gasteiger partial charge in [-0.15, -0.1) is 0 Å². The van der Waals surface area contributed by atoms with Crippen molar-refractivity contribution in [2.45, 2.75) is 20.1 Å². The van der Waals surface area contributed by atoms with Crippen LogP contribution >= 0.6 is 0 Å². The Labute approximate surface area is 115 Å². The molecule has 2 aromatic carbocycles. The predicted octanol–water partition coefficient (Wildman–Crippen LogP) is 4.35. The summed E-state index contributed by atoms with van der Waals surface area (Å²) in [5.74, 6) is -0.182. The van der Waals surface area contributed by atoms with E-state index in [1.54, 1.807) is 12.1 Å². The summed E-state index contributed by atoms with van der Waals surface area (Å²) < 4.78 is 41.5. The number of ether oxygens (including phenoxy) is 1. The number of nitrogens with one attached hydrogen (secondary N) is 1. The Morgan fingerprint density at radius 3 is 2.40 bits per heavy atom. The molecular formula is C15H14F3NO. The lowest BCUT2D eigenvalue weighted by atomic mass is 10.2. The minimum Gasteiger partial charge on any atom is -0.435 e. The van der Waals surface area contributed by atoms with Crippen molar-refractivity contribution in [3.8, 4) is 5.75 Å². The fourth-order valence-corrected chi connectivity index (χ4v) is 1.83. The topological polar surface area (TPSA) is 21.3 Å². The highest BCUT2D eigenvalue weighted by Crippen LogP contribution is 2.17. The van der Waals surface area contributed by atoms with Crippen molar-refractivity contribution in [1.82, 2.24) is 0 Å². The summed E-state index contributed by atoms with van der Waals surface area (Å²) in [6, 6.07) is 11.0. The van der Waals surface area contributed by atoms with Crippen LogP contribution in [0.1, 0.15) is 11.1 Å². The number of hydrogen-bond donors (Lipinski definition) is 1. The zero-order chi connectivity index (χ0) is 14.5. The number of anilines is 1. The zero-order valence-corrected chi connectivity index (χ0v) is 10.9. The standard InChI is InChI=1S/C15H14F3NO/c1-10-6-12(16)8-13(7-10)19-9-11-2-4-14(5-3-11)20-15(17)18/h2-8,15,19H,9H2,1H3. The van der Waals surface area contributed by atoms with Crippen molar-refractivity contribution in [1.29, 1.82) is 0 Å². The molecule has 2 nitrogen and oxygen atoms in total. The second kappa shape index (κ2) is 6.32. The second-order valence-electron chi connectivity index (χ2n) is 4.39. The minimum atomic E-state index is -2.82. The summed E-state index contributed by atoms with van der Waals surface area (Å²) in [5.41, 5.74) is 2.39. The van der Waals surface area contributed by atoms with Gasteiger partial charge < -0.3 is 10.1 Å². The van der Waals surface area contributed by atoms with E-state index in [-0.39, 0.29) is 11.6 Å². The molecule has 0 saturated heterocycles. The van der Waals surface area contributed by atoms with Crippen molar-refractivity contribution < 1.29 is 17.9 Å². The summed E-state index contributed by atoms with van der Waals surface area (Å²) in [6.07, 6.45) is 0. The molecule has 1 N–H and O–H groups in total. The molecule has 0 bridgehead atoms. The van der Waals surface area contributed by atoms with Gasteiger partial charge in [-0.25, -0.2) is 4.39 Å². The van der Waals surface area contributed by atoms with Crippen molar-refractivity contribution in [2.24, 2.45) is 0 Å². The van der Waals surface area contributed by atoms with Crippen LogP contribution in [-0.4, -0.2) is 6.61 Å². The third kappa shape index (κ3) is 4.19. The number of rotatable bonds is 5. The van der Waals surface area contributed by atoms with E-state index in [4.69, 9.17) is 0 Å². The Morgan fingerprint density at radius 1 is 1.10 bits per heavy atom. The number of aryl methyl sites for hydroxylation is 1. The van der Waals surface area contributed by atoms with Gasteiger partial charge >= 0.3 is 6.61 Å². The summed E-state index contributed by atoms with van der Waals surface area (Å²) >= 11 is 0. The van der Waals surface area contributed by atoms with Crippen LogP contribution in [0.25, 0.3) is 0 Å². The highest BCUT2D eigenvalue weighted by atomic mass is 19.3. The molecule has 0 atom stereocenters. The lowest BCUT2D eigenvalue weighted by molar-refractivity contribution is -0.0498. The number of hydrogen-bond acceptors (Lipinski definition) is 2. The first kappa shape index (κ1) is 14.2. The van der Waals surface area contributed by atoms with Gasteiger partial charge in [-0.05, 0) is 48.4 Å². The summed E-state index contributed by atoms with van der Waals surface area (Å²) in [5, 5.41) is 3.07. The Balaban J connectivity index is 1.96. The quantitative estimate of drug-likeness (QED) is 0.879. The van der Waals surface area contributed by atoms with Crippen LogP contribution in [-0.2, 0) is 6.54 Å². The molecule has 20 heavy (non-hydrogen) atoms. The normalized spacial score (nSPS) is 10.7. The summed E-state index contributed by atoms with van der Waals surface area (Å²) in [7, 11) is 0. The number of alkyl halides is 2. The maximum absolute atomic E-state index is 13.2. The van der Waals surface area contributed by atoms with Crippen molar-refractivity contribution in [3.05, 3.63) is 59.4 Å². The van der Waals surface area contributed by atoms with Gasteiger partial charge in [0.2, 0.25) is 0 Å². The number of halogens is 3. The van der Waals surface area contributed by atoms with E-state index in [1.807, 2.05) is 13.0 Å². The molecule has 0 spiro atoms. The molecule has 2 aromatic rings. The highest BCUT2D eigenvalue weighted by Gasteiger charge is 2.04. The van der Waals surface area contributed by atoms with E-state index in [2.05, 4.69) is 10.1 Å². The van der Waals surface area contributed by atoms with E-state index in [0.717, 1.165) is 11.1 Å². The fraction of sp³-hybridized carbons (Fsp3) is 0.200. The van der Waals surface area contributed by atoms with Gasteiger partial charge in [0.15, 0.2) is 0 Å². The molecule has 5 heteroatoms. The van der Waals surface area contributed by atoms with Gasteiger partial charge in [0.05, 0.1) is 0 Å². The molecule has 106 valence electrons. The third-order valence-electron chi connectivity index (χ3n) is 2.69. The molecule has 2 rings (SSSR count). The van der Waals surface area contributed by atoms with Gasteiger partial charge in [0.25, 0.3) is 0 Å². The molecule has 0 aromatic heterocycles. The van der Waals surface area contributed by atoms with E-state index >= 15 is 0 Å². The molecule has 0 fully saturated rings. The van der Waals surface area contributed by atoms with Crippen LogP contribution in [0.4, 0.5) is 18.9 Å². The van der Waals surface area contributed by atoms with E-state index in [1.165, 1.54) is 24.3 Å². The lowest BCUT2D eigenvalue weighted by Crippen LogP contribution is -2.03. The van der Waals surface area contributed by atoms with Crippen molar-refractivity contribution in [3.63, 3.8) is 0 Å². The van der Waals surface area contributed by atoms with Crippen LogP contribution in [0.15, 0.2) is 42.5 Å². The van der Waals surface area contributed by atoms with Crippen LogP contribution in [0.2, 0.25) is 0 Å². The SMILES string of the molecule is Cc1cc(F)cc(NCc2ccc(OC(F)F)cc2)c1. The van der Waals surface area contributed by atoms with Gasteiger partial charge in [0, 0.05) is 12.2 Å². The lowest BCUT2D eigenvalue weighted by Gasteiger charge is -2.09. The van der Waals surface area contributed by atoms with Crippen LogP contribution in [0.5, 0.6) is 5.75 Å². The van der Waals surface area contributed by atoms with Gasteiger partial charge in [-0.2, -0.15) is 8.78 Å². The Kier molecular flexibility index (Phi) is 4.50. The molecule has 0 aliphatic carbocycles. The number of benzene rings is 2. The summed E-state index contributed by atoms with van der Waals surface area (Å²) in [6.45, 7) is -0.544. The molecule has 0 radical (unpaired) electrons. The first-order valence-electron chi connectivity index (χ1n) is 6.08. The van der Waals surface area contributed by atoms with Gasteiger partial charge in [-0.1, -0.05) is 12.1 Å². The van der Waals surface area contributed by atoms with Crippen molar-refractivity contribution in [2.75, 3.05) is 5.32 Å². The minimum absolute atomic E-state index is 0.116. The maximum atomic E-state index is 13.2. The van der Waals surface area contributed by atoms with E-state index in [9.17, 15) is 13.2 Å². The molecule has 0 aliphatic rings. The second-order valence-corrected chi connectivity index (χ2v) is 4.39. The zero-order valence-electron chi connectivity index (χ0n) is 10.9. The van der Waals surface area contributed by atoms with Crippen LogP contribution in [0, 0.1) is 12.7 Å². The fourth-order valence-electron chi connectivity index (χ4n) is 1.83. The highest BCUT2D eigenvalue weighted by molar-refractivity contribution is 5.46. The Hall–Kier alpha value is -2.17. The monoisotopic (exact) mass is 281 g/mol. The Morgan fingerprint density at radius 2 is 1.80 bits per heavy atom. The largest absolute Gasteiger partial charge is 0.435 e. The van der Waals surface area contributed by atoms with Crippen molar-refractivity contribution >= 4 is 5.69 Å². The predicted molar refractivity (Wildman–Crippen MR) is 71.5 cm³/mol.